The number of nitro groups is 1. The van der Waals surface area contributed by atoms with Gasteiger partial charge in [-0.1, -0.05) is 0 Å². The second kappa shape index (κ2) is 6.99. The summed E-state index contributed by atoms with van der Waals surface area (Å²) in [5.74, 6) is -0.558. The minimum Gasteiger partial charge on any atom is -0.366 e. The molecule has 8 nitrogen and oxygen atoms in total. The summed E-state index contributed by atoms with van der Waals surface area (Å²) in [5, 5.41) is 13.1. The van der Waals surface area contributed by atoms with Crippen LogP contribution in [0.2, 0.25) is 0 Å². The van der Waals surface area contributed by atoms with E-state index in [1.54, 1.807) is 4.90 Å². The molecule has 8 heteroatoms. The zero-order valence-electron chi connectivity index (χ0n) is 12.2. The summed E-state index contributed by atoms with van der Waals surface area (Å²) in [6.07, 6.45) is -0.849. The molecule has 0 saturated carbocycles. The highest BCUT2D eigenvalue weighted by Crippen LogP contribution is 2.16. The zero-order chi connectivity index (χ0) is 16.1. The van der Waals surface area contributed by atoms with Crippen LogP contribution in [0.4, 0.5) is 11.4 Å². The number of carbonyl (C=O) groups excluding carboxylic acids is 2. The van der Waals surface area contributed by atoms with E-state index in [0.29, 0.717) is 25.4 Å². The van der Waals surface area contributed by atoms with E-state index in [9.17, 15) is 19.7 Å². The molecule has 1 atom stereocenters. The maximum absolute atomic E-state index is 12.0. The molecule has 0 unspecified atom stereocenters. The van der Waals surface area contributed by atoms with Gasteiger partial charge in [-0.2, -0.15) is 0 Å². The predicted octanol–water partition coefficient (Wildman–Crippen LogP) is 1.17. The normalized spacial score (nSPS) is 18.1. The van der Waals surface area contributed by atoms with Crippen LogP contribution in [0.1, 0.15) is 13.3 Å². The first-order valence-electron chi connectivity index (χ1n) is 6.96. The number of amides is 2. The third-order valence-corrected chi connectivity index (χ3v) is 3.38. The molecule has 1 aromatic rings. The van der Waals surface area contributed by atoms with E-state index in [-0.39, 0.29) is 23.9 Å². The standard InChI is InChI=1S/C14H17N3O5/c1-2-16-7-8-22-12(14(16)19)9-13(18)15-10-3-5-11(6-4-10)17(20)21/h3-6,12H,2,7-9H2,1H3,(H,15,18)/t12-/m1/s1. The molecular formula is C14H17N3O5. The fourth-order valence-corrected chi connectivity index (χ4v) is 2.20. The van der Waals surface area contributed by atoms with Crippen LogP contribution in [-0.2, 0) is 14.3 Å². The van der Waals surface area contributed by atoms with Gasteiger partial charge >= 0.3 is 0 Å². The Balaban J connectivity index is 1.92. The Hall–Kier alpha value is -2.48. The van der Waals surface area contributed by atoms with Crippen LogP contribution in [0.15, 0.2) is 24.3 Å². The lowest BCUT2D eigenvalue weighted by Crippen LogP contribution is -2.48. The van der Waals surface area contributed by atoms with Gasteiger partial charge in [-0.25, -0.2) is 0 Å². The summed E-state index contributed by atoms with van der Waals surface area (Å²) < 4.78 is 5.34. The van der Waals surface area contributed by atoms with Crippen molar-refractivity contribution >= 4 is 23.2 Å². The maximum atomic E-state index is 12.0. The third-order valence-electron chi connectivity index (χ3n) is 3.38. The lowest BCUT2D eigenvalue weighted by molar-refractivity contribution is -0.384. The largest absolute Gasteiger partial charge is 0.366 e. The topological polar surface area (TPSA) is 102 Å². The first kappa shape index (κ1) is 15.9. The molecule has 1 aliphatic heterocycles. The van der Waals surface area contributed by atoms with Gasteiger partial charge in [-0.15, -0.1) is 0 Å². The van der Waals surface area contributed by atoms with Gasteiger partial charge in [0, 0.05) is 30.9 Å². The second-order valence-electron chi connectivity index (χ2n) is 4.83. The number of non-ortho nitro benzene ring substituents is 1. The zero-order valence-corrected chi connectivity index (χ0v) is 12.2. The van der Waals surface area contributed by atoms with Crippen LogP contribution in [0.3, 0.4) is 0 Å². The van der Waals surface area contributed by atoms with Crippen LogP contribution in [-0.4, -0.2) is 47.4 Å². The van der Waals surface area contributed by atoms with Crippen LogP contribution in [0.5, 0.6) is 0 Å². The number of carbonyl (C=O) groups is 2. The van der Waals surface area contributed by atoms with Crippen molar-refractivity contribution in [2.45, 2.75) is 19.4 Å². The Labute approximate surface area is 127 Å². The minimum absolute atomic E-state index is 0.0534. The van der Waals surface area contributed by atoms with E-state index >= 15 is 0 Å². The Bertz CT molecular complexity index is 572. The van der Waals surface area contributed by atoms with E-state index in [4.69, 9.17) is 4.74 Å². The highest BCUT2D eigenvalue weighted by Gasteiger charge is 2.30. The molecule has 1 fully saturated rings. The van der Waals surface area contributed by atoms with E-state index in [0.717, 1.165) is 0 Å². The summed E-state index contributed by atoms with van der Waals surface area (Å²) in [4.78, 5) is 35.6. The van der Waals surface area contributed by atoms with Gasteiger partial charge in [0.2, 0.25) is 5.91 Å². The Morgan fingerprint density at radius 1 is 1.45 bits per heavy atom. The number of likely N-dealkylation sites (N-methyl/N-ethyl adjacent to an activating group) is 1. The van der Waals surface area contributed by atoms with Gasteiger partial charge in [0.15, 0.2) is 0 Å². The first-order chi connectivity index (χ1) is 10.5. The number of nitro benzene ring substituents is 1. The highest BCUT2D eigenvalue weighted by molar-refractivity contribution is 5.95. The molecule has 1 saturated heterocycles. The van der Waals surface area contributed by atoms with Crippen molar-refractivity contribution in [2.24, 2.45) is 0 Å². The van der Waals surface area contributed by atoms with Crippen molar-refractivity contribution in [1.82, 2.24) is 4.90 Å². The maximum Gasteiger partial charge on any atom is 0.269 e. The molecule has 2 rings (SSSR count). The molecule has 0 aliphatic carbocycles. The third kappa shape index (κ3) is 3.79. The van der Waals surface area contributed by atoms with Crippen molar-refractivity contribution in [3.63, 3.8) is 0 Å². The number of nitrogens with one attached hydrogen (secondary N) is 1. The number of hydrogen-bond donors (Lipinski definition) is 1. The quantitative estimate of drug-likeness (QED) is 0.650. The number of benzene rings is 1. The molecule has 1 aromatic carbocycles. The molecular weight excluding hydrogens is 290 g/mol. The Morgan fingerprint density at radius 3 is 2.73 bits per heavy atom. The molecule has 2 amide bonds. The molecule has 118 valence electrons. The molecule has 22 heavy (non-hydrogen) atoms. The molecule has 0 radical (unpaired) electrons. The van der Waals surface area contributed by atoms with Crippen LogP contribution in [0.25, 0.3) is 0 Å². The van der Waals surface area contributed by atoms with Crippen LogP contribution in [0, 0.1) is 10.1 Å². The van der Waals surface area contributed by atoms with E-state index in [2.05, 4.69) is 5.32 Å². The van der Waals surface area contributed by atoms with Gasteiger partial charge < -0.3 is 15.0 Å². The van der Waals surface area contributed by atoms with Gasteiger partial charge in [-0.05, 0) is 19.1 Å². The number of nitrogens with zero attached hydrogens (tertiary/aromatic N) is 2. The van der Waals surface area contributed by atoms with Crippen LogP contribution < -0.4 is 5.32 Å². The van der Waals surface area contributed by atoms with Crippen molar-refractivity contribution in [1.29, 1.82) is 0 Å². The average Bonchev–Trinajstić information content (AvgIpc) is 2.50. The summed E-state index contributed by atoms with van der Waals surface area (Å²) in [6, 6.07) is 5.49. The SMILES string of the molecule is CCN1CCO[C@H](CC(=O)Nc2ccc([N+](=O)[O-])cc2)C1=O. The van der Waals surface area contributed by atoms with Crippen LogP contribution >= 0.6 is 0 Å². The van der Waals surface area contributed by atoms with Crippen molar-refractivity contribution < 1.29 is 19.2 Å². The first-order valence-corrected chi connectivity index (χ1v) is 6.96. The predicted molar refractivity (Wildman–Crippen MR) is 78.3 cm³/mol. The number of morpholine rings is 1. The molecule has 0 aromatic heterocycles. The average molecular weight is 307 g/mol. The molecule has 0 bridgehead atoms. The molecule has 1 aliphatic rings. The fraction of sp³-hybridized carbons (Fsp3) is 0.429. The number of ether oxygens (including phenoxy) is 1. The van der Waals surface area contributed by atoms with Crippen molar-refractivity contribution in [2.75, 3.05) is 25.0 Å². The summed E-state index contributed by atoms with van der Waals surface area (Å²) in [6.45, 7) is 3.41. The summed E-state index contributed by atoms with van der Waals surface area (Å²) >= 11 is 0. The highest BCUT2D eigenvalue weighted by atomic mass is 16.6. The fourth-order valence-electron chi connectivity index (χ4n) is 2.20. The summed E-state index contributed by atoms with van der Waals surface area (Å²) in [5.41, 5.74) is 0.383. The lowest BCUT2D eigenvalue weighted by atomic mass is 10.1. The van der Waals surface area contributed by atoms with E-state index in [1.165, 1.54) is 24.3 Å². The van der Waals surface area contributed by atoms with Crippen molar-refractivity contribution in [3.8, 4) is 0 Å². The lowest BCUT2D eigenvalue weighted by Gasteiger charge is -2.31. The monoisotopic (exact) mass is 307 g/mol. The minimum atomic E-state index is -0.772. The van der Waals surface area contributed by atoms with Crippen molar-refractivity contribution in [3.05, 3.63) is 34.4 Å². The number of hydrogen-bond acceptors (Lipinski definition) is 5. The number of rotatable bonds is 5. The molecule has 0 spiro atoms. The van der Waals surface area contributed by atoms with Gasteiger partial charge in [0.25, 0.3) is 11.6 Å². The van der Waals surface area contributed by atoms with E-state index in [1.807, 2.05) is 6.92 Å². The van der Waals surface area contributed by atoms with E-state index < -0.39 is 11.0 Å². The van der Waals surface area contributed by atoms with Gasteiger partial charge in [0.1, 0.15) is 6.10 Å². The Morgan fingerprint density at radius 2 is 2.14 bits per heavy atom. The second-order valence-corrected chi connectivity index (χ2v) is 4.83. The van der Waals surface area contributed by atoms with Gasteiger partial charge in [0.05, 0.1) is 18.0 Å². The molecule has 1 heterocycles. The smallest absolute Gasteiger partial charge is 0.269 e. The number of anilines is 1. The summed E-state index contributed by atoms with van der Waals surface area (Å²) in [7, 11) is 0. The van der Waals surface area contributed by atoms with Gasteiger partial charge in [-0.3, -0.25) is 19.7 Å². The molecule has 1 N–H and O–H groups in total. The Kier molecular flexibility index (Phi) is 5.05.